The van der Waals surface area contributed by atoms with Gasteiger partial charge in [-0.15, -0.1) is 11.3 Å². The summed E-state index contributed by atoms with van der Waals surface area (Å²) < 4.78 is 0. The Kier molecular flexibility index (Phi) is 3.27. The second kappa shape index (κ2) is 5.07. The molecule has 1 N–H and O–H groups in total. The van der Waals surface area contributed by atoms with Crippen LogP contribution in [-0.2, 0) is 0 Å². The van der Waals surface area contributed by atoms with Crippen molar-refractivity contribution in [1.82, 2.24) is 15.3 Å². The molecule has 2 aromatic heterocycles. The molecule has 96 valence electrons. The summed E-state index contributed by atoms with van der Waals surface area (Å²) in [6.07, 6.45) is 1.82. The number of thiazole rings is 1. The zero-order valence-corrected chi connectivity index (χ0v) is 11.7. The van der Waals surface area contributed by atoms with Gasteiger partial charge in [0.1, 0.15) is 5.01 Å². The normalized spacial score (nSPS) is 12.7. The van der Waals surface area contributed by atoms with Crippen molar-refractivity contribution < 1.29 is 0 Å². The van der Waals surface area contributed by atoms with E-state index in [0.29, 0.717) is 0 Å². The van der Waals surface area contributed by atoms with Gasteiger partial charge in [0.05, 0.1) is 11.6 Å². The van der Waals surface area contributed by atoms with Crippen molar-refractivity contribution in [3.63, 3.8) is 0 Å². The molecule has 0 fully saturated rings. The van der Waals surface area contributed by atoms with Crippen LogP contribution in [-0.4, -0.2) is 17.0 Å². The number of pyridine rings is 1. The highest BCUT2D eigenvalue weighted by atomic mass is 32.1. The minimum atomic E-state index is 0.142. The lowest BCUT2D eigenvalue weighted by atomic mass is 10.0. The number of aryl methyl sites for hydroxylation is 1. The van der Waals surface area contributed by atoms with Crippen LogP contribution in [0, 0.1) is 6.92 Å². The summed E-state index contributed by atoms with van der Waals surface area (Å²) in [7, 11) is 1.97. The van der Waals surface area contributed by atoms with E-state index >= 15 is 0 Å². The third-order valence-corrected chi connectivity index (χ3v) is 4.16. The average Bonchev–Trinajstić information content (AvgIpc) is 2.86. The molecule has 0 radical (unpaired) electrons. The number of fused-ring (bicyclic) bond motifs is 1. The lowest BCUT2D eigenvalue weighted by Crippen LogP contribution is -2.17. The molecule has 0 aliphatic rings. The molecule has 0 saturated heterocycles. The number of benzene rings is 1. The van der Waals surface area contributed by atoms with E-state index in [9.17, 15) is 0 Å². The molecule has 2 heterocycles. The minimum absolute atomic E-state index is 0.142. The van der Waals surface area contributed by atoms with Crippen LogP contribution in [0.4, 0.5) is 0 Å². The van der Waals surface area contributed by atoms with Gasteiger partial charge in [-0.3, -0.25) is 4.98 Å². The van der Waals surface area contributed by atoms with E-state index in [0.717, 1.165) is 21.6 Å². The van der Waals surface area contributed by atoms with Crippen LogP contribution in [0.2, 0.25) is 0 Å². The Balaban J connectivity index is 2.06. The van der Waals surface area contributed by atoms with E-state index in [1.165, 1.54) is 5.56 Å². The van der Waals surface area contributed by atoms with E-state index in [1.807, 2.05) is 26.2 Å². The van der Waals surface area contributed by atoms with Crippen LogP contribution >= 0.6 is 11.3 Å². The summed E-state index contributed by atoms with van der Waals surface area (Å²) in [5.41, 5.74) is 3.32. The average molecular weight is 269 g/mol. The number of aromatic nitrogens is 2. The first-order valence-corrected chi connectivity index (χ1v) is 7.10. The van der Waals surface area contributed by atoms with Crippen molar-refractivity contribution in [2.45, 2.75) is 13.0 Å². The third-order valence-electron chi connectivity index (χ3n) is 3.13. The van der Waals surface area contributed by atoms with Gasteiger partial charge >= 0.3 is 0 Å². The molecule has 0 aliphatic carbocycles. The summed E-state index contributed by atoms with van der Waals surface area (Å²) in [5.74, 6) is 0. The SMILES string of the molecule is CNC(c1ccc2ncccc2c1)c1nc(C)cs1. The van der Waals surface area contributed by atoms with E-state index in [1.54, 1.807) is 11.3 Å². The number of nitrogens with one attached hydrogen (secondary N) is 1. The molecule has 1 aromatic carbocycles. The molecule has 3 nitrogen and oxygen atoms in total. The van der Waals surface area contributed by atoms with Crippen molar-refractivity contribution in [3.05, 3.63) is 58.2 Å². The fourth-order valence-electron chi connectivity index (χ4n) is 2.21. The predicted molar refractivity (Wildman–Crippen MR) is 79.5 cm³/mol. The molecule has 19 heavy (non-hydrogen) atoms. The first kappa shape index (κ1) is 12.3. The van der Waals surface area contributed by atoms with Gasteiger partial charge in [0.2, 0.25) is 0 Å². The zero-order valence-electron chi connectivity index (χ0n) is 10.9. The second-order valence-electron chi connectivity index (χ2n) is 4.50. The van der Waals surface area contributed by atoms with Gasteiger partial charge in [0.25, 0.3) is 0 Å². The van der Waals surface area contributed by atoms with Crippen LogP contribution in [0.3, 0.4) is 0 Å². The highest BCUT2D eigenvalue weighted by Gasteiger charge is 2.15. The Hall–Kier alpha value is -1.78. The van der Waals surface area contributed by atoms with E-state index in [-0.39, 0.29) is 6.04 Å². The smallest absolute Gasteiger partial charge is 0.114 e. The summed E-state index contributed by atoms with van der Waals surface area (Å²) in [6.45, 7) is 2.02. The van der Waals surface area contributed by atoms with E-state index in [2.05, 4.69) is 44.9 Å². The van der Waals surface area contributed by atoms with E-state index < -0.39 is 0 Å². The Morgan fingerprint density at radius 1 is 1.26 bits per heavy atom. The van der Waals surface area contributed by atoms with Gasteiger partial charge in [0, 0.05) is 22.7 Å². The van der Waals surface area contributed by atoms with Crippen LogP contribution in [0.5, 0.6) is 0 Å². The number of hydrogen-bond acceptors (Lipinski definition) is 4. The molecule has 1 unspecified atom stereocenters. The molecule has 0 spiro atoms. The van der Waals surface area contributed by atoms with Crippen LogP contribution < -0.4 is 5.32 Å². The Morgan fingerprint density at radius 3 is 2.89 bits per heavy atom. The van der Waals surface area contributed by atoms with Gasteiger partial charge < -0.3 is 5.32 Å². The lowest BCUT2D eigenvalue weighted by Gasteiger charge is -2.14. The highest BCUT2D eigenvalue weighted by Crippen LogP contribution is 2.26. The van der Waals surface area contributed by atoms with Crippen molar-refractivity contribution in [2.75, 3.05) is 7.05 Å². The number of nitrogens with zero attached hydrogens (tertiary/aromatic N) is 2. The molecule has 0 bridgehead atoms. The molecular formula is C15H15N3S. The molecule has 1 atom stereocenters. The summed E-state index contributed by atoms with van der Waals surface area (Å²) in [5, 5.41) is 7.69. The predicted octanol–water partition coefficient (Wildman–Crippen LogP) is 3.31. The van der Waals surface area contributed by atoms with Crippen LogP contribution in [0.25, 0.3) is 10.9 Å². The highest BCUT2D eigenvalue weighted by molar-refractivity contribution is 7.09. The van der Waals surface area contributed by atoms with Gasteiger partial charge in [-0.1, -0.05) is 12.1 Å². The Bertz CT molecular complexity index is 705. The third kappa shape index (κ3) is 2.37. The quantitative estimate of drug-likeness (QED) is 0.792. The number of rotatable bonds is 3. The van der Waals surface area contributed by atoms with Gasteiger partial charge in [-0.2, -0.15) is 0 Å². The molecule has 3 aromatic rings. The minimum Gasteiger partial charge on any atom is -0.307 e. The maximum Gasteiger partial charge on any atom is 0.114 e. The summed E-state index contributed by atoms with van der Waals surface area (Å²) >= 11 is 1.69. The maximum absolute atomic E-state index is 4.58. The standard InChI is InChI=1S/C15H15N3S/c1-10-9-19-15(18-10)14(16-2)12-5-6-13-11(8-12)4-3-7-17-13/h3-9,14,16H,1-2H3. The van der Waals surface area contributed by atoms with Gasteiger partial charge in [0.15, 0.2) is 0 Å². The summed E-state index contributed by atoms with van der Waals surface area (Å²) in [4.78, 5) is 8.93. The van der Waals surface area contributed by atoms with E-state index in [4.69, 9.17) is 0 Å². The molecule has 0 saturated carbocycles. The molecule has 0 aliphatic heterocycles. The Morgan fingerprint density at radius 2 is 2.16 bits per heavy atom. The van der Waals surface area contributed by atoms with Gasteiger partial charge in [-0.25, -0.2) is 4.98 Å². The molecule has 3 rings (SSSR count). The van der Waals surface area contributed by atoms with Crippen molar-refractivity contribution >= 4 is 22.2 Å². The number of hydrogen-bond donors (Lipinski definition) is 1. The van der Waals surface area contributed by atoms with Crippen LogP contribution in [0.1, 0.15) is 22.3 Å². The monoisotopic (exact) mass is 269 g/mol. The lowest BCUT2D eigenvalue weighted by molar-refractivity contribution is 0.685. The summed E-state index contributed by atoms with van der Waals surface area (Å²) in [6, 6.07) is 10.6. The van der Waals surface area contributed by atoms with Crippen molar-refractivity contribution in [2.24, 2.45) is 0 Å². The molecule has 0 amide bonds. The topological polar surface area (TPSA) is 37.8 Å². The maximum atomic E-state index is 4.58. The fraction of sp³-hybridized carbons (Fsp3) is 0.200. The fourth-order valence-corrected chi connectivity index (χ4v) is 3.14. The Labute approximate surface area is 116 Å². The first-order chi connectivity index (χ1) is 9.28. The first-order valence-electron chi connectivity index (χ1n) is 6.22. The van der Waals surface area contributed by atoms with Crippen LogP contribution in [0.15, 0.2) is 41.9 Å². The molecule has 4 heteroatoms. The molecular weight excluding hydrogens is 254 g/mol. The van der Waals surface area contributed by atoms with Crippen molar-refractivity contribution in [1.29, 1.82) is 0 Å². The van der Waals surface area contributed by atoms with Crippen molar-refractivity contribution in [3.8, 4) is 0 Å². The van der Waals surface area contributed by atoms with Gasteiger partial charge in [-0.05, 0) is 37.7 Å². The largest absolute Gasteiger partial charge is 0.307 e. The second-order valence-corrected chi connectivity index (χ2v) is 5.39. The zero-order chi connectivity index (χ0) is 13.2.